The van der Waals surface area contributed by atoms with E-state index in [9.17, 15) is 8.42 Å². The molecular weight excluding hydrogens is 278 g/mol. The van der Waals surface area contributed by atoms with Crippen molar-refractivity contribution in [2.75, 3.05) is 31.9 Å². The average Bonchev–Trinajstić information content (AvgIpc) is 2.97. The second-order valence-corrected chi connectivity index (χ2v) is 7.25. The van der Waals surface area contributed by atoms with Gasteiger partial charge in [0.2, 0.25) is 10.0 Å². The number of nitrogens with zero attached hydrogens (tertiary/aromatic N) is 3. The second kappa shape index (κ2) is 6.11. The summed E-state index contributed by atoms with van der Waals surface area (Å²) in [5.74, 6) is 0.299. The Morgan fingerprint density at radius 3 is 2.65 bits per heavy atom. The predicted octanol–water partition coefficient (Wildman–Crippen LogP) is 0.0125. The van der Waals surface area contributed by atoms with Crippen molar-refractivity contribution >= 4 is 15.8 Å². The number of hydrogen-bond acceptors (Lipinski definition) is 5. The van der Waals surface area contributed by atoms with Crippen molar-refractivity contribution in [3.63, 3.8) is 0 Å². The van der Waals surface area contributed by atoms with Crippen LogP contribution in [0, 0.1) is 5.92 Å². The van der Waals surface area contributed by atoms with Crippen molar-refractivity contribution in [1.29, 1.82) is 0 Å². The van der Waals surface area contributed by atoms with Gasteiger partial charge in [-0.2, -0.15) is 5.10 Å². The van der Waals surface area contributed by atoms with Gasteiger partial charge in [-0.25, -0.2) is 13.1 Å². The lowest BCUT2D eigenvalue weighted by molar-refractivity contribution is 0.288. The van der Waals surface area contributed by atoms with Crippen LogP contribution in [0.15, 0.2) is 11.1 Å². The molecule has 1 aromatic heterocycles. The smallest absolute Gasteiger partial charge is 0.245 e. The Morgan fingerprint density at radius 2 is 2.10 bits per heavy atom. The average molecular weight is 301 g/mol. The van der Waals surface area contributed by atoms with Gasteiger partial charge in [-0.1, -0.05) is 6.92 Å². The highest BCUT2D eigenvalue weighted by atomic mass is 32.2. The van der Waals surface area contributed by atoms with E-state index in [1.807, 2.05) is 6.92 Å². The van der Waals surface area contributed by atoms with Crippen LogP contribution < -0.4 is 10.5 Å². The van der Waals surface area contributed by atoms with E-state index in [2.05, 4.69) is 14.7 Å². The zero-order valence-electron chi connectivity index (χ0n) is 12.0. The van der Waals surface area contributed by atoms with Crippen molar-refractivity contribution in [2.24, 2.45) is 13.0 Å². The molecule has 3 N–H and O–H groups in total. The third kappa shape index (κ3) is 3.71. The molecule has 0 aliphatic carbocycles. The molecule has 1 fully saturated rings. The summed E-state index contributed by atoms with van der Waals surface area (Å²) in [4.78, 5) is 2.42. The Kier molecular flexibility index (Phi) is 4.66. The van der Waals surface area contributed by atoms with Crippen LogP contribution in [0.4, 0.5) is 5.82 Å². The molecule has 0 spiro atoms. The Morgan fingerprint density at radius 1 is 1.45 bits per heavy atom. The van der Waals surface area contributed by atoms with Crippen LogP contribution in [0.3, 0.4) is 0 Å². The van der Waals surface area contributed by atoms with E-state index in [1.165, 1.54) is 23.7 Å². The Hall–Kier alpha value is -1.12. The number of nitrogens with two attached hydrogens (primary N) is 1. The number of sulfonamides is 1. The molecule has 20 heavy (non-hydrogen) atoms. The van der Waals surface area contributed by atoms with Gasteiger partial charge in [0.1, 0.15) is 4.90 Å². The minimum absolute atomic E-state index is 0.0344. The van der Waals surface area contributed by atoms with Gasteiger partial charge >= 0.3 is 0 Å². The number of anilines is 1. The molecule has 1 unspecified atom stereocenters. The lowest BCUT2D eigenvalue weighted by Gasteiger charge is -2.20. The molecule has 2 rings (SSSR count). The highest BCUT2D eigenvalue weighted by molar-refractivity contribution is 7.89. The Balaban J connectivity index is 1.90. The molecule has 8 heteroatoms. The summed E-state index contributed by atoms with van der Waals surface area (Å²) in [5.41, 5.74) is 5.61. The molecule has 2 heterocycles. The van der Waals surface area contributed by atoms with Crippen molar-refractivity contribution in [1.82, 2.24) is 19.4 Å². The lowest BCUT2D eigenvalue weighted by atomic mass is 10.2. The minimum Gasteiger partial charge on any atom is -0.381 e. The normalized spacial score (nSPS) is 18.5. The topological polar surface area (TPSA) is 93.2 Å². The molecule has 1 saturated heterocycles. The second-order valence-electron chi connectivity index (χ2n) is 5.52. The number of likely N-dealkylation sites (tertiary alicyclic amines) is 1. The highest BCUT2D eigenvalue weighted by Crippen LogP contribution is 2.16. The van der Waals surface area contributed by atoms with Gasteiger partial charge in [0.25, 0.3) is 0 Å². The molecule has 7 nitrogen and oxygen atoms in total. The third-order valence-electron chi connectivity index (χ3n) is 3.50. The predicted molar refractivity (Wildman–Crippen MR) is 77.6 cm³/mol. The third-order valence-corrected chi connectivity index (χ3v) is 4.94. The van der Waals surface area contributed by atoms with E-state index in [1.54, 1.807) is 7.05 Å². The molecule has 114 valence electrons. The van der Waals surface area contributed by atoms with Crippen molar-refractivity contribution in [3.05, 3.63) is 6.20 Å². The number of aromatic nitrogens is 2. The van der Waals surface area contributed by atoms with Crippen LogP contribution in [-0.2, 0) is 17.1 Å². The molecule has 1 aliphatic rings. The first-order chi connectivity index (χ1) is 9.38. The number of rotatable bonds is 6. The van der Waals surface area contributed by atoms with E-state index in [-0.39, 0.29) is 16.6 Å². The molecular formula is C12H23N5O2S. The summed E-state index contributed by atoms with van der Waals surface area (Å²) in [6.07, 6.45) is 3.90. The number of hydrogen-bond donors (Lipinski definition) is 2. The zero-order chi connectivity index (χ0) is 14.8. The SMILES string of the molecule is CC(CNS(=O)(=O)c1cn(C)nc1N)CN1CCCC1. The van der Waals surface area contributed by atoms with Crippen molar-refractivity contribution in [3.8, 4) is 0 Å². The minimum atomic E-state index is -3.58. The lowest BCUT2D eigenvalue weighted by Crippen LogP contribution is -2.34. The number of nitrogens with one attached hydrogen (secondary N) is 1. The van der Waals surface area contributed by atoms with E-state index in [0.29, 0.717) is 6.54 Å². The standard InChI is InChI=1S/C12H23N5O2S/c1-10(8-17-5-3-4-6-17)7-14-20(18,19)11-9-16(2)15-12(11)13/h9-10,14H,3-8H2,1-2H3,(H2,13,15). The largest absolute Gasteiger partial charge is 0.381 e. The molecule has 0 saturated carbocycles. The molecule has 0 radical (unpaired) electrons. The van der Waals surface area contributed by atoms with Crippen molar-refractivity contribution < 1.29 is 8.42 Å². The summed E-state index contributed by atoms with van der Waals surface area (Å²) < 4.78 is 28.3. The maximum absolute atomic E-state index is 12.1. The molecule has 0 bridgehead atoms. The van der Waals surface area contributed by atoms with Gasteiger partial charge in [0.05, 0.1) is 0 Å². The summed E-state index contributed by atoms with van der Waals surface area (Å²) in [6.45, 7) is 5.62. The Bertz CT molecular complexity index is 548. The van der Waals surface area contributed by atoms with Crippen LogP contribution in [-0.4, -0.2) is 49.3 Å². The summed E-state index contributed by atoms with van der Waals surface area (Å²) in [6, 6.07) is 0. The number of aryl methyl sites for hydroxylation is 1. The van der Waals surface area contributed by atoms with E-state index in [4.69, 9.17) is 5.73 Å². The van der Waals surface area contributed by atoms with Gasteiger partial charge in [-0.15, -0.1) is 0 Å². The van der Waals surface area contributed by atoms with Crippen LogP contribution in [0.1, 0.15) is 19.8 Å². The van der Waals surface area contributed by atoms with Crippen LogP contribution in [0.5, 0.6) is 0 Å². The van der Waals surface area contributed by atoms with Gasteiger partial charge in [-0.05, 0) is 31.8 Å². The van der Waals surface area contributed by atoms with Gasteiger partial charge in [0, 0.05) is 26.3 Å². The van der Waals surface area contributed by atoms with Crippen LogP contribution in [0.25, 0.3) is 0 Å². The summed E-state index contributed by atoms with van der Waals surface area (Å²) in [5, 5.41) is 3.85. The first kappa shape index (κ1) is 15.3. The molecule has 1 aliphatic heterocycles. The van der Waals surface area contributed by atoms with Crippen LogP contribution in [0.2, 0.25) is 0 Å². The van der Waals surface area contributed by atoms with Crippen LogP contribution >= 0.6 is 0 Å². The maximum Gasteiger partial charge on any atom is 0.245 e. The Labute approximate surface area is 120 Å². The van der Waals surface area contributed by atoms with E-state index >= 15 is 0 Å². The number of nitrogen functional groups attached to an aromatic ring is 1. The highest BCUT2D eigenvalue weighted by Gasteiger charge is 2.22. The monoisotopic (exact) mass is 301 g/mol. The summed E-state index contributed by atoms with van der Waals surface area (Å²) in [7, 11) is -1.93. The summed E-state index contributed by atoms with van der Waals surface area (Å²) >= 11 is 0. The quantitative estimate of drug-likeness (QED) is 0.772. The van der Waals surface area contributed by atoms with E-state index < -0.39 is 10.0 Å². The molecule has 1 atom stereocenters. The van der Waals surface area contributed by atoms with E-state index in [0.717, 1.165) is 19.6 Å². The van der Waals surface area contributed by atoms with Gasteiger partial charge < -0.3 is 10.6 Å². The van der Waals surface area contributed by atoms with Crippen molar-refractivity contribution in [2.45, 2.75) is 24.7 Å². The fourth-order valence-electron chi connectivity index (χ4n) is 2.49. The molecule has 1 aromatic rings. The fourth-order valence-corrected chi connectivity index (χ4v) is 3.76. The zero-order valence-corrected chi connectivity index (χ0v) is 12.9. The maximum atomic E-state index is 12.1. The van der Waals surface area contributed by atoms with Gasteiger partial charge in [-0.3, -0.25) is 4.68 Å². The van der Waals surface area contributed by atoms with Gasteiger partial charge in [0.15, 0.2) is 5.82 Å². The first-order valence-corrected chi connectivity index (χ1v) is 8.38. The fraction of sp³-hybridized carbons (Fsp3) is 0.750. The molecule has 0 aromatic carbocycles. The first-order valence-electron chi connectivity index (χ1n) is 6.89. The molecule has 0 amide bonds.